The lowest BCUT2D eigenvalue weighted by Crippen LogP contribution is -2.29. The molecule has 9 heteroatoms. The summed E-state index contributed by atoms with van der Waals surface area (Å²) in [7, 11) is -2.38. The molecule has 2 rings (SSSR count). The van der Waals surface area contributed by atoms with Crippen LogP contribution in [0.5, 0.6) is 5.75 Å². The molecule has 0 saturated carbocycles. The minimum Gasteiger partial charge on any atom is -0.495 e. The van der Waals surface area contributed by atoms with E-state index in [2.05, 4.69) is 10.6 Å². The molecule has 0 unspecified atom stereocenters. The van der Waals surface area contributed by atoms with E-state index < -0.39 is 21.8 Å². The van der Waals surface area contributed by atoms with E-state index >= 15 is 0 Å². The maximum atomic E-state index is 11.9. The number of hydrogen-bond donors (Lipinski definition) is 3. The molecule has 126 valence electrons. The number of benzene rings is 2. The molecule has 0 aliphatic heterocycles. The third-order valence-electron chi connectivity index (χ3n) is 3.00. The SMILES string of the molecule is COc1ccccc1NC(=O)C(=O)Nc1ccc(S(N)(=O)=O)cc1. The van der Waals surface area contributed by atoms with Crippen LogP contribution in [-0.4, -0.2) is 27.3 Å². The summed E-state index contributed by atoms with van der Waals surface area (Å²) < 4.78 is 27.4. The summed E-state index contributed by atoms with van der Waals surface area (Å²) in [4.78, 5) is 23.7. The second kappa shape index (κ2) is 7.11. The van der Waals surface area contributed by atoms with Crippen molar-refractivity contribution in [2.45, 2.75) is 4.90 Å². The minimum absolute atomic E-state index is 0.0982. The number of hydrogen-bond acceptors (Lipinski definition) is 5. The van der Waals surface area contributed by atoms with Crippen LogP contribution < -0.4 is 20.5 Å². The second-order valence-electron chi connectivity index (χ2n) is 4.68. The number of nitrogens with two attached hydrogens (primary N) is 1. The van der Waals surface area contributed by atoms with Gasteiger partial charge in [0.1, 0.15) is 5.75 Å². The Morgan fingerprint density at radius 1 is 0.958 bits per heavy atom. The van der Waals surface area contributed by atoms with Gasteiger partial charge in [0.05, 0.1) is 17.7 Å². The van der Waals surface area contributed by atoms with Crippen molar-refractivity contribution in [3.05, 3.63) is 48.5 Å². The zero-order valence-electron chi connectivity index (χ0n) is 12.6. The third-order valence-corrected chi connectivity index (χ3v) is 3.93. The van der Waals surface area contributed by atoms with E-state index in [0.29, 0.717) is 11.4 Å². The predicted octanol–water partition coefficient (Wildman–Crippen LogP) is 0.920. The van der Waals surface area contributed by atoms with Crippen molar-refractivity contribution in [2.75, 3.05) is 17.7 Å². The summed E-state index contributed by atoms with van der Waals surface area (Å²) in [5.74, 6) is -1.39. The number of carbonyl (C=O) groups excluding carboxylic acids is 2. The number of nitrogens with one attached hydrogen (secondary N) is 2. The number of methoxy groups -OCH3 is 1. The van der Waals surface area contributed by atoms with E-state index in [9.17, 15) is 18.0 Å². The molecule has 0 aromatic heterocycles. The van der Waals surface area contributed by atoms with Crippen LogP contribution in [0.25, 0.3) is 0 Å². The van der Waals surface area contributed by atoms with Crippen molar-refractivity contribution in [1.29, 1.82) is 0 Å². The molecule has 8 nitrogen and oxygen atoms in total. The molecule has 0 atom stereocenters. The number of carbonyl (C=O) groups is 2. The molecule has 2 aromatic rings. The van der Waals surface area contributed by atoms with Crippen LogP contribution in [-0.2, 0) is 19.6 Å². The Morgan fingerprint density at radius 2 is 1.54 bits per heavy atom. The van der Waals surface area contributed by atoms with Crippen molar-refractivity contribution in [1.82, 2.24) is 0 Å². The third kappa shape index (κ3) is 4.31. The molecular weight excluding hydrogens is 334 g/mol. The number of amides is 2. The van der Waals surface area contributed by atoms with Crippen LogP contribution in [0, 0.1) is 0 Å². The van der Waals surface area contributed by atoms with Crippen molar-refractivity contribution in [3.8, 4) is 5.75 Å². The lowest BCUT2D eigenvalue weighted by Gasteiger charge is -2.10. The van der Waals surface area contributed by atoms with E-state index in [-0.39, 0.29) is 10.6 Å². The molecule has 0 radical (unpaired) electrons. The van der Waals surface area contributed by atoms with Gasteiger partial charge in [0.15, 0.2) is 0 Å². The summed E-state index contributed by atoms with van der Waals surface area (Å²) >= 11 is 0. The van der Waals surface area contributed by atoms with E-state index in [1.165, 1.54) is 31.4 Å². The largest absolute Gasteiger partial charge is 0.495 e. The van der Waals surface area contributed by atoms with Gasteiger partial charge in [-0.1, -0.05) is 12.1 Å². The zero-order chi connectivity index (χ0) is 17.7. The lowest BCUT2D eigenvalue weighted by molar-refractivity contribution is -0.133. The second-order valence-corrected chi connectivity index (χ2v) is 6.24. The Morgan fingerprint density at radius 3 is 2.12 bits per heavy atom. The molecule has 4 N–H and O–H groups in total. The molecule has 0 saturated heterocycles. The topological polar surface area (TPSA) is 128 Å². The molecule has 0 heterocycles. The first-order chi connectivity index (χ1) is 11.3. The first kappa shape index (κ1) is 17.4. The fourth-order valence-corrected chi connectivity index (χ4v) is 2.36. The normalized spacial score (nSPS) is 10.8. The van der Waals surface area contributed by atoms with Gasteiger partial charge in [-0.05, 0) is 36.4 Å². The molecule has 2 amide bonds. The van der Waals surface area contributed by atoms with Gasteiger partial charge in [0, 0.05) is 5.69 Å². The molecule has 0 fully saturated rings. The smallest absolute Gasteiger partial charge is 0.314 e. The Bertz CT molecular complexity index is 863. The molecule has 0 bridgehead atoms. The van der Waals surface area contributed by atoms with Crippen molar-refractivity contribution >= 4 is 33.2 Å². The highest BCUT2D eigenvalue weighted by molar-refractivity contribution is 7.89. The number of primary sulfonamides is 1. The maximum absolute atomic E-state index is 11.9. The van der Waals surface area contributed by atoms with Gasteiger partial charge < -0.3 is 15.4 Å². The minimum atomic E-state index is -3.82. The Kier molecular flexibility index (Phi) is 5.17. The number of ether oxygens (including phenoxy) is 1. The van der Waals surface area contributed by atoms with Crippen molar-refractivity contribution in [3.63, 3.8) is 0 Å². The van der Waals surface area contributed by atoms with Gasteiger partial charge in [0.2, 0.25) is 10.0 Å². The highest BCUT2D eigenvalue weighted by Crippen LogP contribution is 2.23. The van der Waals surface area contributed by atoms with Crippen LogP contribution in [0.4, 0.5) is 11.4 Å². The van der Waals surface area contributed by atoms with Gasteiger partial charge in [-0.2, -0.15) is 0 Å². The van der Waals surface area contributed by atoms with E-state index in [0.717, 1.165) is 0 Å². The van der Waals surface area contributed by atoms with Crippen LogP contribution >= 0.6 is 0 Å². The van der Waals surface area contributed by atoms with Crippen LogP contribution in [0.3, 0.4) is 0 Å². The Hall–Kier alpha value is -2.91. The quantitative estimate of drug-likeness (QED) is 0.707. The summed E-state index contributed by atoms with van der Waals surface area (Å²) in [5.41, 5.74) is 0.604. The zero-order valence-corrected chi connectivity index (χ0v) is 13.5. The lowest BCUT2D eigenvalue weighted by atomic mass is 10.3. The van der Waals surface area contributed by atoms with Crippen molar-refractivity contribution in [2.24, 2.45) is 5.14 Å². The first-order valence-electron chi connectivity index (χ1n) is 6.69. The fraction of sp³-hybridized carbons (Fsp3) is 0.0667. The van der Waals surface area contributed by atoms with Gasteiger partial charge in [0.25, 0.3) is 0 Å². The molecule has 0 aliphatic rings. The summed E-state index contributed by atoms with van der Waals surface area (Å²) in [6, 6.07) is 11.7. The maximum Gasteiger partial charge on any atom is 0.314 e. The number of sulfonamides is 1. The highest BCUT2D eigenvalue weighted by Gasteiger charge is 2.16. The number of para-hydroxylation sites is 2. The molecule has 2 aromatic carbocycles. The fourth-order valence-electron chi connectivity index (χ4n) is 1.84. The first-order valence-corrected chi connectivity index (χ1v) is 8.24. The van der Waals surface area contributed by atoms with Gasteiger partial charge in [-0.15, -0.1) is 0 Å². The predicted molar refractivity (Wildman–Crippen MR) is 88.1 cm³/mol. The van der Waals surface area contributed by atoms with E-state index in [1.54, 1.807) is 24.3 Å². The molecule has 0 aliphatic carbocycles. The summed E-state index contributed by atoms with van der Waals surface area (Å²) in [6.07, 6.45) is 0. The van der Waals surface area contributed by atoms with Gasteiger partial charge >= 0.3 is 11.8 Å². The molecule has 24 heavy (non-hydrogen) atoms. The Balaban J connectivity index is 2.05. The van der Waals surface area contributed by atoms with Gasteiger partial charge in [-0.25, -0.2) is 13.6 Å². The van der Waals surface area contributed by atoms with Gasteiger partial charge in [-0.3, -0.25) is 9.59 Å². The number of anilines is 2. The average molecular weight is 349 g/mol. The monoisotopic (exact) mass is 349 g/mol. The Labute approximate surface area is 138 Å². The van der Waals surface area contributed by atoms with E-state index in [1.807, 2.05) is 0 Å². The van der Waals surface area contributed by atoms with Crippen LogP contribution in [0.2, 0.25) is 0 Å². The van der Waals surface area contributed by atoms with Crippen molar-refractivity contribution < 1.29 is 22.7 Å². The number of rotatable bonds is 4. The summed E-state index contributed by atoms with van der Waals surface area (Å²) in [5, 5.41) is 9.75. The molecule has 0 spiro atoms. The van der Waals surface area contributed by atoms with E-state index in [4.69, 9.17) is 9.88 Å². The average Bonchev–Trinajstić information content (AvgIpc) is 2.55. The standard InChI is InChI=1S/C15H15N3O5S/c1-23-13-5-3-2-4-12(13)18-15(20)14(19)17-10-6-8-11(9-7-10)24(16,21)22/h2-9H,1H3,(H,17,19)(H,18,20)(H2,16,21,22). The van der Waals surface area contributed by atoms with Crippen LogP contribution in [0.1, 0.15) is 0 Å². The summed E-state index contributed by atoms with van der Waals surface area (Å²) in [6.45, 7) is 0. The highest BCUT2D eigenvalue weighted by atomic mass is 32.2. The van der Waals surface area contributed by atoms with Crippen LogP contribution in [0.15, 0.2) is 53.4 Å². The molecular formula is C15H15N3O5S.